The monoisotopic (exact) mass is 738 g/mol. The summed E-state index contributed by atoms with van der Waals surface area (Å²) < 4.78 is 11.3. The van der Waals surface area contributed by atoms with E-state index in [0.29, 0.717) is 25.6 Å². The number of rotatable bonds is 41. The Labute approximate surface area is 324 Å². The van der Waals surface area contributed by atoms with Gasteiger partial charge in [-0.2, -0.15) is 0 Å². The topological polar surface area (TPSA) is 76.1 Å². The number of aliphatic hydroxyl groups is 1. The Kier molecular flexibility index (Phi) is 37.3. The fraction of sp³-hybridized carbons (Fsp3) is 0.957. The number of ether oxygens (including phenoxy) is 2. The molecule has 0 aliphatic rings. The zero-order valence-electron chi connectivity index (χ0n) is 35.8. The van der Waals surface area contributed by atoms with Crippen LogP contribution in [-0.2, 0) is 19.1 Å². The Morgan fingerprint density at radius 2 is 0.981 bits per heavy atom. The zero-order valence-corrected chi connectivity index (χ0v) is 35.8. The van der Waals surface area contributed by atoms with E-state index in [1.54, 1.807) is 0 Å². The van der Waals surface area contributed by atoms with Gasteiger partial charge in [0.2, 0.25) is 0 Å². The molecule has 0 aliphatic carbocycles. The number of carbonyl (C=O) groups excluding carboxylic acids is 2. The molecule has 0 saturated heterocycles. The standard InChI is InChI=1S/C46H91NO5/c1-6-9-12-15-16-22-31-41-52-45(50)46(4,5)36-26-19-21-28-38-47(39-29-30-40-48)37-27-20-17-18-25-34-44(49)51-42-35-43(32-23-13-10-7-2)33-24-14-11-8-3/h43,48H,6-42H2,1-5H3. The van der Waals surface area contributed by atoms with Crippen LogP contribution < -0.4 is 0 Å². The van der Waals surface area contributed by atoms with E-state index < -0.39 is 5.41 Å². The molecular weight excluding hydrogens is 647 g/mol. The molecule has 0 fully saturated rings. The second-order valence-corrected chi connectivity index (χ2v) is 16.7. The molecule has 0 aromatic rings. The normalized spacial score (nSPS) is 11.9. The fourth-order valence-corrected chi connectivity index (χ4v) is 7.26. The highest BCUT2D eigenvalue weighted by Gasteiger charge is 2.28. The third kappa shape index (κ3) is 33.4. The van der Waals surface area contributed by atoms with Crippen molar-refractivity contribution in [1.29, 1.82) is 0 Å². The number of aliphatic hydroxyl groups excluding tert-OH is 1. The first-order chi connectivity index (χ1) is 25.3. The molecule has 6 heteroatoms. The van der Waals surface area contributed by atoms with Gasteiger partial charge in [-0.15, -0.1) is 0 Å². The van der Waals surface area contributed by atoms with E-state index in [2.05, 4.69) is 25.7 Å². The zero-order chi connectivity index (χ0) is 38.4. The van der Waals surface area contributed by atoms with Crippen molar-refractivity contribution < 1.29 is 24.2 Å². The van der Waals surface area contributed by atoms with Gasteiger partial charge >= 0.3 is 11.9 Å². The molecule has 0 aromatic carbocycles. The maximum atomic E-state index is 12.7. The predicted molar refractivity (Wildman–Crippen MR) is 223 cm³/mol. The summed E-state index contributed by atoms with van der Waals surface area (Å²) in [4.78, 5) is 27.6. The molecule has 0 bridgehead atoms. The lowest BCUT2D eigenvalue weighted by Gasteiger charge is -2.23. The van der Waals surface area contributed by atoms with Crippen molar-refractivity contribution >= 4 is 11.9 Å². The fourth-order valence-electron chi connectivity index (χ4n) is 7.26. The highest BCUT2D eigenvalue weighted by atomic mass is 16.5. The molecule has 1 N–H and O–H groups in total. The minimum absolute atomic E-state index is 0.00641. The third-order valence-corrected chi connectivity index (χ3v) is 11.0. The van der Waals surface area contributed by atoms with Gasteiger partial charge in [-0.3, -0.25) is 9.59 Å². The minimum atomic E-state index is -0.401. The van der Waals surface area contributed by atoms with Crippen LogP contribution in [0.25, 0.3) is 0 Å². The molecule has 0 atom stereocenters. The molecule has 0 aromatic heterocycles. The Hall–Kier alpha value is -1.14. The minimum Gasteiger partial charge on any atom is -0.466 e. The highest BCUT2D eigenvalue weighted by Crippen LogP contribution is 2.26. The van der Waals surface area contributed by atoms with Crippen LogP contribution in [0.1, 0.15) is 234 Å². The molecular formula is C46H91NO5. The summed E-state index contributed by atoms with van der Waals surface area (Å²) in [6.45, 7) is 15.6. The molecule has 0 unspecified atom stereocenters. The first kappa shape index (κ1) is 50.9. The molecule has 0 saturated carbocycles. The van der Waals surface area contributed by atoms with Crippen LogP contribution in [0.4, 0.5) is 0 Å². The first-order valence-electron chi connectivity index (χ1n) is 23.0. The van der Waals surface area contributed by atoms with Gasteiger partial charge in [-0.1, -0.05) is 162 Å². The average molecular weight is 738 g/mol. The van der Waals surface area contributed by atoms with Gasteiger partial charge in [-0.05, 0) is 90.8 Å². The van der Waals surface area contributed by atoms with E-state index in [-0.39, 0.29) is 18.5 Å². The highest BCUT2D eigenvalue weighted by molar-refractivity contribution is 5.75. The van der Waals surface area contributed by atoms with Gasteiger partial charge in [-0.25, -0.2) is 0 Å². The van der Waals surface area contributed by atoms with Crippen LogP contribution >= 0.6 is 0 Å². The third-order valence-electron chi connectivity index (χ3n) is 11.0. The Morgan fingerprint density at radius 3 is 1.54 bits per heavy atom. The van der Waals surface area contributed by atoms with Gasteiger partial charge in [0.05, 0.1) is 18.6 Å². The van der Waals surface area contributed by atoms with Gasteiger partial charge in [0, 0.05) is 13.0 Å². The summed E-state index contributed by atoms with van der Waals surface area (Å²) in [6, 6.07) is 0. The summed E-state index contributed by atoms with van der Waals surface area (Å²) in [5.41, 5.74) is -0.401. The summed E-state index contributed by atoms with van der Waals surface area (Å²) in [5.74, 6) is 0.672. The summed E-state index contributed by atoms with van der Waals surface area (Å²) in [7, 11) is 0. The number of carbonyl (C=O) groups is 2. The predicted octanol–water partition coefficient (Wildman–Crippen LogP) is 13.2. The van der Waals surface area contributed by atoms with Crippen molar-refractivity contribution in [3.63, 3.8) is 0 Å². The summed E-state index contributed by atoms with van der Waals surface area (Å²) in [6.07, 6.45) is 36.3. The van der Waals surface area contributed by atoms with E-state index in [0.717, 1.165) is 83.8 Å². The summed E-state index contributed by atoms with van der Waals surface area (Å²) >= 11 is 0. The lowest BCUT2D eigenvalue weighted by atomic mass is 9.87. The van der Waals surface area contributed by atoms with Crippen molar-refractivity contribution in [2.45, 2.75) is 234 Å². The van der Waals surface area contributed by atoms with E-state index in [4.69, 9.17) is 9.47 Å². The maximum Gasteiger partial charge on any atom is 0.311 e. The number of unbranched alkanes of at least 4 members (excludes halogenated alkanes) is 20. The van der Waals surface area contributed by atoms with Crippen molar-refractivity contribution in [3.8, 4) is 0 Å². The van der Waals surface area contributed by atoms with Crippen LogP contribution in [0.3, 0.4) is 0 Å². The molecule has 0 spiro atoms. The molecule has 0 amide bonds. The van der Waals surface area contributed by atoms with Crippen LogP contribution in [0.2, 0.25) is 0 Å². The maximum absolute atomic E-state index is 12.7. The van der Waals surface area contributed by atoms with Gasteiger partial charge in [0.1, 0.15) is 0 Å². The first-order valence-corrected chi connectivity index (χ1v) is 23.0. The number of nitrogens with zero attached hydrogens (tertiary/aromatic N) is 1. The van der Waals surface area contributed by atoms with Crippen molar-refractivity contribution in [2.24, 2.45) is 11.3 Å². The van der Waals surface area contributed by atoms with Crippen molar-refractivity contribution in [1.82, 2.24) is 4.90 Å². The molecule has 0 heterocycles. The van der Waals surface area contributed by atoms with Crippen LogP contribution in [0.15, 0.2) is 0 Å². The Balaban J connectivity index is 4.11. The number of esters is 2. The average Bonchev–Trinajstić information content (AvgIpc) is 3.13. The summed E-state index contributed by atoms with van der Waals surface area (Å²) in [5, 5.41) is 9.28. The Morgan fingerprint density at radius 1 is 0.519 bits per heavy atom. The largest absolute Gasteiger partial charge is 0.466 e. The lowest BCUT2D eigenvalue weighted by molar-refractivity contribution is -0.154. The second kappa shape index (κ2) is 38.1. The number of hydrogen-bond donors (Lipinski definition) is 1. The molecule has 52 heavy (non-hydrogen) atoms. The quantitative estimate of drug-likeness (QED) is 0.0497. The van der Waals surface area contributed by atoms with Gasteiger partial charge < -0.3 is 19.5 Å². The second-order valence-electron chi connectivity index (χ2n) is 16.7. The molecule has 6 nitrogen and oxygen atoms in total. The molecule has 310 valence electrons. The van der Waals surface area contributed by atoms with Gasteiger partial charge in [0.25, 0.3) is 0 Å². The lowest BCUT2D eigenvalue weighted by Crippen LogP contribution is -2.28. The van der Waals surface area contributed by atoms with E-state index in [9.17, 15) is 14.7 Å². The van der Waals surface area contributed by atoms with Crippen LogP contribution in [-0.4, -0.2) is 61.4 Å². The van der Waals surface area contributed by atoms with Crippen molar-refractivity contribution in [3.05, 3.63) is 0 Å². The van der Waals surface area contributed by atoms with E-state index >= 15 is 0 Å². The number of hydrogen-bond acceptors (Lipinski definition) is 6. The van der Waals surface area contributed by atoms with Crippen LogP contribution in [0, 0.1) is 11.3 Å². The van der Waals surface area contributed by atoms with Crippen molar-refractivity contribution in [2.75, 3.05) is 39.5 Å². The SMILES string of the molecule is CCCCCCCCCOC(=O)C(C)(C)CCCCCCN(CCCCO)CCCCCCCC(=O)OCCC(CCCCCC)CCCCCC. The Bertz CT molecular complexity index is 760. The molecule has 0 rings (SSSR count). The molecule has 0 radical (unpaired) electrons. The molecule has 0 aliphatic heterocycles. The van der Waals surface area contributed by atoms with E-state index in [1.165, 1.54) is 128 Å². The van der Waals surface area contributed by atoms with Crippen LogP contribution in [0.5, 0.6) is 0 Å². The van der Waals surface area contributed by atoms with E-state index in [1.807, 2.05) is 13.8 Å². The smallest absolute Gasteiger partial charge is 0.311 e. The van der Waals surface area contributed by atoms with Gasteiger partial charge in [0.15, 0.2) is 0 Å².